The number of benzene rings is 2. The number of carbonyl (C=O) groups excluding carboxylic acids is 3. The Morgan fingerprint density at radius 1 is 1.13 bits per heavy atom. The Bertz CT molecular complexity index is 1220. The summed E-state index contributed by atoms with van der Waals surface area (Å²) in [4.78, 5) is 40.6. The molecule has 0 radical (unpaired) electrons. The Balaban J connectivity index is 0.00000420. The highest BCUT2D eigenvalue weighted by molar-refractivity contribution is 6.31. The van der Waals surface area contributed by atoms with Crippen LogP contribution in [-0.4, -0.2) is 67.1 Å². The van der Waals surface area contributed by atoms with E-state index in [4.69, 9.17) is 25.8 Å². The van der Waals surface area contributed by atoms with Gasteiger partial charge in [0.2, 0.25) is 0 Å². The summed E-state index contributed by atoms with van der Waals surface area (Å²) in [6.45, 7) is 8.75. The van der Waals surface area contributed by atoms with Crippen LogP contribution in [0.25, 0.3) is 0 Å². The van der Waals surface area contributed by atoms with Gasteiger partial charge < -0.3 is 19.5 Å². The summed E-state index contributed by atoms with van der Waals surface area (Å²) in [5, 5.41) is 2.72. The van der Waals surface area contributed by atoms with Gasteiger partial charge in [0.25, 0.3) is 5.91 Å². The molecular formula is C28H33Cl2FN2O6. The molecule has 2 atom stereocenters. The van der Waals surface area contributed by atoms with Crippen molar-refractivity contribution in [2.75, 3.05) is 32.8 Å². The molecule has 4 rings (SSSR count). The molecule has 2 aromatic carbocycles. The summed E-state index contributed by atoms with van der Waals surface area (Å²) >= 11 is 5.89. The first-order chi connectivity index (χ1) is 18.0. The number of nitrogens with one attached hydrogen (secondary N) is 1. The Labute approximate surface area is 238 Å². The van der Waals surface area contributed by atoms with E-state index in [2.05, 4.69) is 10.2 Å². The molecule has 0 spiro atoms. The second-order valence-electron chi connectivity index (χ2n) is 10.1. The predicted molar refractivity (Wildman–Crippen MR) is 146 cm³/mol. The lowest BCUT2D eigenvalue weighted by Crippen LogP contribution is -2.55. The van der Waals surface area contributed by atoms with Crippen molar-refractivity contribution in [3.63, 3.8) is 0 Å². The van der Waals surface area contributed by atoms with E-state index in [1.165, 1.54) is 19.1 Å². The van der Waals surface area contributed by atoms with Gasteiger partial charge in [-0.2, -0.15) is 0 Å². The molecule has 1 fully saturated rings. The van der Waals surface area contributed by atoms with E-state index in [1.807, 2.05) is 0 Å². The van der Waals surface area contributed by atoms with Crippen LogP contribution in [0.15, 0.2) is 36.4 Å². The van der Waals surface area contributed by atoms with E-state index >= 15 is 0 Å². The number of fused-ring (bicyclic) bond motifs is 1. The zero-order valence-electron chi connectivity index (χ0n) is 22.1. The largest absolute Gasteiger partial charge is 0.484 e. The molecule has 212 valence electrons. The number of halogens is 3. The lowest BCUT2D eigenvalue weighted by Gasteiger charge is -2.44. The number of hydrogen-bond acceptors (Lipinski definition) is 7. The molecule has 0 saturated carbocycles. The van der Waals surface area contributed by atoms with Crippen molar-refractivity contribution in [3.05, 3.63) is 63.9 Å². The van der Waals surface area contributed by atoms with Gasteiger partial charge in [-0.15, -0.1) is 12.4 Å². The molecular weight excluding hydrogens is 550 g/mol. The standard InChI is InChI=1S/C28H32ClFN2O6.ClH/c1-17(33)18-7-9-23-20(15-18)25(31-27(35)19-6-8-22(30)21(29)16-19)26(28(2,3)38-23)37-24(34)5-4-10-32-11-13-36-14-12-32;/h6-9,15-16,25-26H,4-5,10-14H2,1-3H3,(H,31,35);1H/t25-,26+;/m1./s1. The van der Waals surface area contributed by atoms with Crippen molar-refractivity contribution >= 4 is 41.7 Å². The minimum absolute atomic E-state index is 0. The smallest absolute Gasteiger partial charge is 0.306 e. The molecule has 2 aliphatic rings. The molecule has 0 bridgehead atoms. The number of ketones is 1. The quantitative estimate of drug-likeness (QED) is 0.354. The van der Waals surface area contributed by atoms with Crippen LogP contribution >= 0.6 is 24.0 Å². The summed E-state index contributed by atoms with van der Waals surface area (Å²) < 4.78 is 31.2. The SMILES string of the molecule is CC(=O)c1ccc2c(c1)[C@@H](NC(=O)c1ccc(F)c(Cl)c1)[C@H](OC(=O)CCCN1CCOCC1)C(C)(C)O2.Cl. The second-order valence-corrected chi connectivity index (χ2v) is 10.5. The molecule has 8 nitrogen and oxygen atoms in total. The molecule has 2 heterocycles. The van der Waals surface area contributed by atoms with E-state index < -0.39 is 35.4 Å². The van der Waals surface area contributed by atoms with Gasteiger partial charge in [0.05, 0.1) is 24.3 Å². The number of ether oxygens (including phenoxy) is 3. The molecule has 39 heavy (non-hydrogen) atoms. The van der Waals surface area contributed by atoms with Crippen molar-refractivity contribution in [3.8, 4) is 5.75 Å². The minimum Gasteiger partial charge on any atom is -0.484 e. The Morgan fingerprint density at radius 3 is 2.49 bits per heavy atom. The molecule has 0 aromatic heterocycles. The van der Waals surface area contributed by atoms with Gasteiger partial charge in [0, 0.05) is 36.2 Å². The van der Waals surface area contributed by atoms with Crippen molar-refractivity contribution in [1.82, 2.24) is 10.2 Å². The summed E-state index contributed by atoms with van der Waals surface area (Å²) in [6.07, 6.45) is -0.102. The molecule has 1 saturated heterocycles. The minimum atomic E-state index is -1.01. The van der Waals surface area contributed by atoms with Crippen LogP contribution in [0.5, 0.6) is 5.75 Å². The normalized spacial score (nSPS) is 20.1. The second kappa shape index (κ2) is 13.1. The fraction of sp³-hybridized carbons (Fsp3) is 0.464. The Hall–Kier alpha value is -2.72. The Morgan fingerprint density at radius 2 is 1.82 bits per heavy atom. The van der Waals surface area contributed by atoms with Gasteiger partial charge in [0.1, 0.15) is 17.2 Å². The highest BCUT2D eigenvalue weighted by Crippen LogP contribution is 2.42. The number of carbonyl (C=O) groups is 3. The lowest BCUT2D eigenvalue weighted by molar-refractivity contribution is -0.165. The third-order valence-corrected chi connectivity index (χ3v) is 7.09. The Kier molecular flexibility index (Phi) is 10.3. The summed E-state index contributed by atoms with van der Waals surface area (Å²) in [5.74, 6) is -1.31. The zero-order valence-corrected chi connectivity index (χ0v) is 23.7. The first-order valence-corrected chi connectivity index (χ1v) is 13.0. The fourth-order valence-corrected chi connectivity index (χ4v) is 4.89. The van der Waals surface area contributed by atoms with E-state index in [0.29, 0.717) is 36.5 Å². The highest BCUT2D eigenvalue weighted by Gasteiger charge is 2.47. The average Bonchev–Trinajstić information content (AvgIpc) is 2.87. The maximum atomic E-state index is 13.7. The number of Topliss-reactive ketones (excluding diaryl/α,β-unsaturated/α-hetero) is 1. The molecule has 0 aliphatic carbocycles. The van der Waals surface area contributed by atoms with Crippen LogP contribution in [0, 0.1) is 5.82 Å². The van der Waals surface area contributed by atoms with Crippen molar-refractivity contribution in [1.29, 1.82) is 0 Å². The number of amides is 1. The van der Waals surface area contributed by atoms with Crippen LogP contribution in [0.2, 0.25) is 5.02 Å². The van der Waals surface area contributed by atoms with Gasteiger partial charge >= 0.3 is 5.97 Å². The monoisotopic (exact) mass is 582 g/mol. The van der Waals surface area contributed by atoms with Crippen molar-refractivity contribution < 1.29 is 33.0 Å². The van der Waals surface area contributed by atoms with Gasteiger partial charge in [0.15, 0.2) is 11.9 Å². The number of hydrogen-bond donors (Lipinski definition) is 1. The summed E-state index contributed by atoms with van der Waals surface area (Å²) in [5.41, 5.74) is 0.0557. The van der Waals surface area contributed by atoms with E-state index in [9.17, 15) is 18.8 Å². The molecule has 1 N–H and O–H groups in total. The number of rotatable bonds is 8. The molecule has 2 aromatic rings. The zero-order chi connectivity index (χ0) is 27.4. The molecule has 11 heteroatoms. The maximum Gasteiger partial charge on any atom is 0.306 e. The fourth-order valence-electron chi connectivity index (χ4n) is 4.71. The number of morpholine rings is 1. The van der Waals surface area contributed by atoms with Gasteiger partial charge in [-0.25, -0.2) is 4.39 Å². The van der Waals surface area contributed by atoms with Gasteiger partial charge in [-0.05, 0) is 70.1 Å². The van der Waals surface area contributed by atoms with Crippen LogP contribution in [0.4, 0.5) is 4.39 Å². The maximum absolute atomic E-state index is 13.7. The molecule has 2 aliphatic heterocycles. The lowest BCUT2D eigenvalue weighted by atomic mass is 9.85. The third kappa shape index (κ3) is 7.48. The van der Waals surface area contributed by atoms with Crippen LogP contribution in [0.1, 0.15) is 65.9 Å². The average molecular weight is 583 g/mol. The summed E-state index contributed by atoms with van der Waals surface area (Å²) in [6, 6.07) is 7.77. The molecule has 1 amide bonds. The van der Waals surface area contributed by atoms with Crippen LogP contribution < -0.4 is 10.1 Å². The van der Waals surface area contributed by atoms with E-state index in [0.717, 1.165) is 25.7 Å². The van der Waals surface area contributed by atoms with Crippen LogP contribution in [0.3, 0.4) is 0 Å². The van der Waals surface area contributed by atoms with E-state index in [-0.39, 0.29) is 35.2 Å². The van der Waals surface area contributed by atoms with Gasteiger partial charge in [-0.1, -0.05) is 11.6 Å². The van der Waals surface area contributed by atoms with E-state index in [1.54, 1.807) is 32.0 Å². The predicted octanol–water partition coefficient (Wildman–Crippen LogP) is 4.77. The first kappa shape index (κ1) is 30.8. The number of esters is 1. The topological polar surface area (TPSA) is 94.2 Å². The van der Waals surface area contributed by atoms with Crippen LogP contribution in [-0.2, 0) is 14.3 Å². The third-order valence-electron chi connectivity index (χ3n) is 6.80. The highest BCUT2D eigenvalue weighted by atomic mass is 35.5. The summed E-state index contributed by atoms with van der Waals surface area (Å²) in [7, 11) is 0. The molecule has 0 unspecified atom stereocenters. The van der Waals surface area contributed by atoms with Crippen molar-refractivity contribution in [2.24, 2.45) is 0 Å². The number of nitrogens with zero attached hydrogens (tertiary/aromatic N) is 1. The van der Waals surface area contributed by atoms with Crippen molar-refractivity contribution in [2.45, 2.75) is 51.4 Å². The first-order valence-electron chi connectivity index (χ1n) is 12.6. The van der Waals surface area contributed by atoms with Gasteiger partial charge in [-0.3, -0.25) is 19.3 Å².